The summed E-state index contributed by atoms with van der Waals surface area (Å²) in [6.45, 7) is 0.0452. The van der Waals surface area contributed by atoms with E-state index in [1.165, 1.54) is 0 Å². The van der Waals surface area contributed by atoms with Gasteiger partial charge in [-0.05, 0) is 25.3 Å². The minimum Gasteiger partial charge on any atom is -0.439 e. The Morgan fingerprint density at radius 3 is 3.36 bits per heavy atom. The maximum absolute atomic E-state index is 11.6. The molecular formula is C10H13NO3. The van der Waals surface area contributed by atoms with Crippen molar-refractivity contribution >= 4 is 6.09 Å². The summed E-state index contributed by atoms with van der Waals surface area (Å²) < 4.78 is 5.26. The van der Waals surface area contributed by atoms with Crippen LogP contribution in [0.2, 0.25) is 0 Å². The maximum atomic E-state index is 11.6. The largest absolute Gasteiger partial charge is 0.439 e. The molecule has 14 heavy (non-hydrogen) atoms. The van der Waals surface area contributed by atoms with Crippen molar-refractivity contribution in [3.05, 3.63) is 12.2 Å². The van der Waals surface area contributed by atoms with Crippen LogP contribution in [0, 0.1) is 0 Å². The van der Waals surface area contributed by atoms with Crippen LogP contribution < -0.4 is 0 Å². The zero-order valence-electron chi connectivity index (χ0n) is 7.85. The first kappa shape index (κ1) is 8.29. The van der Waals surface area contributed by atoms with E-state index in [1.54, 1.807) is 4.90 Å². The summed E-state index contributed by atoms with van der Waals surface area (Å²) >= 11 is 0. The lowest BCUT2D eigenvalue weighted by molar-refractivity contribution is 0.120. The monoisotopic (exact) mass is 195 g/mol. The standard InChI is InChI=1S/C10H13NO3/c12-6-7-3-5-10-4-1-2-8(10)14-9(13)11(7)10/h1-2,7-8,12H,3-6H2/t7-,8+,10+/m0/s1. The second kappa shape index (κ2) is 2.51. The highest BCUT2D eigenvalue weighted by Gasteiger charge is 2.60. The summed E-state index contributed by atoms with van der Waals surface area (Å²) in [5.41, 5.74) is -0.148. The predicted molar refractivity (Wildman–Crippen MR) is 48.7 cm³/mol. The summed E-state index contributed by atoms with van der Waals surface area (Å²) in [5, 5.41) is 9.18. The highest BCUT2D eigenvalue weighted by Crippen LogP contribution is 2.48. The Balaban J connectivity index is 2.00. The molecule has 3 atom stereocenters. The Hall–Kier alpha value is -1.03. The number of hydrogen-bond donors (Lipinski definition) is 1. The van der Waals surface area contributed by atoms with E-state index < -0.39 is 0 Å². The average molecular weight is 195 g/mol. The van der Waals surface area contributed by atoms with E-state index in [-0.39, 0.29) is 30.4 Å². The van der Waals surface area contributed by atoms with Crippen molar-refractivity contribution in [2.75, 3.05) is 6.61 Å². The van der Waals surface area contributed by atoms with Gasteiger partial charge in [-0.15, -0.1) is 0 Å². The van der Waals surface area contributed by atoms with Crippen molar-refractivity contribution in [3.63, 3.8) is 0 Å². The quantitative estimate of drug-likeness (QED) is 0.625. The number of carbonyl (C=O) groups is 1. The lowest BCUT2D eigenvalue weighted by Gasteiger charge is -2.30. The van der Waals surface area contributed by atoms with Gasteiger partial charge in [-0.2, -0.15) is 0 Å². The maximum Gasteiger partial charge on any atom is 0.411 e. The van der Waals surface area contributed by atoms with Gasteiger partial charge in [0.05, 0.1) is 18.2 Å². The summed E-state index contributed by atoms with van der Waals surface area (Å²) in [5.74, 6) is 0. The van der Waals surface area contributed by atoms with Crippen LogP contribution in [0.15, 0.2) is 12.2 Å². The van der Waals surface area contributed by atoms with Crippen LogP contribution >= 0.6 is 0 Å². The summed E-state index contributed by atoms with van der Waals surface area (Å²) in [6.07, 6.45) is 6.43. The number of carbonyl (C=O) groups excluding carboxylic acids is 1. The van der Waals surface area contributed by atoms with E-state index in [0.29, 0.717) is 0 Å². The molecule has 0 aromatic rings. The van der Waals surface area contributed by atoms with Gasteiger partial charge in [0.1, 0.15) is 6.10 Å². The van der Waals surface area contributed by atoms with Crippen molar-refractivity contribution in [1.29, 1.82) is 0 Å². The molecule has 1 spiro atoms. The highest BCUT2D eigenvalue weighted by molar-refractivity contribution is 5.74. The molecule has 0 aromatic carbocycles. The van der Waals surface area contributed by atoms with Crippen molar-refractivity contribution in [3.8, 4) is 0 Å². The molecule has 0 saturated carbocycles. The van der Waals surface area contributed by atoms with Gasteiger partial charge in [0.2, 0.25) is 0 Å². The zero-order valence-corrected chi connectivity index (χ0v) is 7.85. The average Bonchev–Trinajstić information content (AvgIpc) is 2.77. The van der Waals surface area contributed by atoms with Gasteiger partial charge in [-0.1, -0.05) is 6.08 Å². The fourth-order valence-corrected chi connectivity index (χ4v) is 3.02. The van der Waals surface area contributed by atoms with Crippen LogP contribution in [0.4, 0.5) is 4.79 Å². The highest BCUT2D eigenvalue weighted by atomic mass is 16.6. The number of rotatable bonds is 1. The number of aliphatic hydroxyl groups excluding tert-OH is 1. The number of hydrogen-bond acceptors (Lipinski definition) is 3. The van der Waals surface area contributed by atoms with Gasteiger partial charge in [0.25, 0.3) is 0 Å². The van der Waals surface area contributed by atoms with Gasteiger partial charge in [0.15, 0.2) is 0 Å². The van der Waals surface area contributed by atoms with Crippen LogP contribution in [0.5, 0.6) is 0 Å². The van der Waals surface area contributed by atoms with Crippen molar-refractivity contribution < 1.29 is 14.6 Å². The van der Waals surface area contributed by atoms with Crippen LogP contribution in [0.3, 0.4) is 0 Å². The molecule has 1 amide bonds. The number of ether oxygens (including phenoxy) is 1. The van der Waals surface area contributed by atoms with Crippen molar-refractivity contribution in [2.45, 2.75) is 36.9 Å². The van der Waals surface area contributed by atoms with Crippen LogP contribution in [-0.2, 0) is 4.74 Å². The molecule has 76 valence electrons. The van der Waals surface area contributed by atoms with E-state index in [0.717, 1.165) is 19.3 Å². The van der Waals surface area contributed by atoms with Crippen molar-refractivity contribution in [1.82, 2.24) is 4.90 Å². The van der Waals surface area contributed by atoms with Crippen LogP contribution in [0.25, 0.3) is 0 Å². The normalized spacial score (nSPS) is 44.1. The molecule has 4 heteroatoms. The van der Waals surface area contributed by atoms with Gasteiger partial charge < -0.3 is 9.84 Å². The topological polar surface area (TPSA) is 49.8 Å². The third-order valence-electron chi connectivity index (χ3n) is 3.70. The Labute approximate surface area is 82.1 Å². The molecule has 2 heterocycles. The molecule has 2 aliphatic heterocycles. The van der Waals surface area contributed by atoms with E-state index in [1.807, 2.05) is 6.08 Å². The van der Waals surface area contributed by atoms with E-state index in [9.17, 15) is 9.90 Å². The molecule has 0 aromatic heterocycles. The Morgan fingerprint density at radius 1 is 1.71 bits per heavy atom. The molecule has 2 saturated heterocycles. The minimum atomic E-state index is -0.254. The molecule has 0 radical (unpaired) electrons. The second-order valence-corrected chi connectivity index (χ2v) is 4.29. The molecule has 1 aliphatic carbocycles. The van der Waals surface area contributed by atoms with E-state index in [4.69, 9.17) is 4.74 Å². The molecule has 2 fully saturated rings. The van der Waals surface area contributed by atoms with E-state index in [2.05, 4.69) is 6.08 Å². The van der Waals surface area contributed by atoms with Gasteiger partial charge in [-0.25, -0.2) is 4.79 Å². The van der Waals surface area contributed by atoms with Crippen molar-refractivity contribution in [2.24, 2.45) is 0 Å². The smallest absolute Gasteiger partial charge is 0.411 e. The summed E-state index contributed by atoms with van der Waals surface area (Å²) in [4.78, 5) is 13.4. The molecule has 0 bridgehead atoms. The minimum absolute atomic E-state index is 0.0348. The first-order valence-electron chi connectivity index (χ1n) is 5.05. The first-order chi connectivity index (χ1) is 6.78. The second-order valence-electron chi connectivity index (χ2n) is 4.29. The molecule has 3 rings (SSSR count). The lowest BCUT2D eigenvalue weighted by atomic mass is 9.92. The third-order valence-corrected chi connectivity index (χ3v) is 3.70. The molecule has 3 aliphatic rings. The Bertz CT molecular complexity index is 314. The van der Waals surface area contributed by atoms with Crippen LogP contribution in [-0.4, -0.2) is 40.4 Å². The third kappa shape index (κ3) is 0.756. The molecular weight excluding hydrogens is 182 g/mol. The first-order valence-corrected chi connectivity index (χ1v) is 5.05. The fourth-order valence-electron chi connectivity index (χ4n) is 3.02. The fraction of sp³-hybridized carbons (Fsp3) is 0.700. The lowest BCUT2D eigenvalue weighted by Crippen LogP contribution is -2.47. The summed E-state index contributed by atoms with van der Waals surface area (Å²) in [6, 6.07) is -0.0348. The predicted octanol–water partition coefficient (Wildman–Crippen LogP) is 0.661. The number of aliphatic hydroxyl groups is 1. The molecule has 4 nitrogen and oxygen atoms in total. The number of amides is 1. The zero-order chi connectivity index (χ0) is 9.76. The SMILES string of the molecule is O=C1O[C@@H]2C=CC[C@@]23CC[C@@H](CO)N13. The molecule has 0 unspecified atom stereocenters. The van der Waals surface area contributed by atoms with Gasteiger partial charge in [-0.3, -0.25) is 4.90 Å². The Morgan fingerprint density at radius 2 is 2.57 bits per heavy atom. The van der Waals surface area contributed by atoms with Gasteiger partial charge in [0, 0.05) is 0 Å². The van der Waals surface area contributed by atoms with Gasteiger partial charge >= 0.3 is 6.09 Å². The Kier molecular flexibility index (Phi) is 1.49. The van der Waals surface area contributed by atoms with E-state index >= 15 is 0 Å². The molecule has 1 N–H and O–H groups in total. The number of nitrogens with zero attached hydrogens (tertiary/aromatic N) is 1. The summed E-state index contributed by atoms with van der Waals surface area (Å²) in [7, 11) is 0. The van der Waals surface area contributed by atoms with Crippen LogP contribution in [0.1, 0.15) is 19.3 Å².